The van der Waals surface area contributed by atoms with Crippen molar-refractivity contribution in [2.24, 2.45) is 10.9 Å². The highest BCUT2D eigenvalue weighted by Gasteiger charge is 2.19. The zero-order chi connectivity index (χ0) is 17.4. The van der Waals surface area contributed by atoms with Gasteiger partial charge in [-0.3, -0.25) is 4.99 Å². The highest BCUT2D eigenvalue weighted by atomic mass is 127. The average molecular weight is 462 g/mol. The third-order valence-electron chi connectivity index (χ3n) is 4.73. The third-order valence-corrected chi connectivity index (χ3v) is 4.73. The Balaban J connectivity index is 0.00000312. The molecule has 1 heterocycles. The van der Waals surface area contributed by atoms with Crippen LogP contribution in [0.15, 0.2) is 15.6 Å². The van der Waals surface area contributed by atoms with E-state index in [1.54, 1.807) is 7.05 Å². The first kappa shape index (κ1) is 22.3. The van der Waals surface area contributed by atoms with Gasteiger partial charge in [0.05, 0.1) is 12.7 Å². The van der Waals surface area contributed by atoms with Gasteiger partial charge in [-0.25, -0.2) is 4.98 Å². The Morgan fingerprint density at radius 1 is 1.24 bits per heavy atom. The van der Waals surface area contributed by atoms with E-state index < -0.39 is 0 Å². The van der Waals surface area contributed by atoms with Crippen LogP contribution in [-0.2, 0) is 12.0 Å². The lowest BCUT2D eigenvalue weighted by Gasteiger charge is -2.21. The highest BCUT2D eigenvalue weighted by molar-refractivity contribution is 14.0. The summed E-state index contributed by atoms with van der Waals surface area (Å²) < 4.78 is 5.79. The Labute approximate surface area is 169 Å². The summed E-state index contributed by atoms with van der Waals surface area (Å²) >= 11 is 0. The van der Waals surface area contributed by atoms with Gasteiger partial charge in [0, 0.05) is 19.0 Å². The van der Waals surface area contributed by atoms with Crippen LogP contribution in [-0.4, -0.2) is 24.5 Å². The highest BCUT2D eigenvalue weighted by Crippen LogP contribution is 2.27. The predicted molar refractivity (Wildman–Crippen MR) is 115 cm³/mol. The molecule has 0 saturated heterocycles. The molecule has 5 nitrogen and oxygen atoms in total. The van der Waals surface area contributed by atoms with Crippen molar-refractivity contribution in [2.75, 3.05) is 13.6 Å². The summed E-state index contributed by atoms with van der Waals surface area (Å²) in [5, 5.41) is 6.66. The molecule has 0 bridgehead atoms. The molecular weight excluding hydrogens is 427 g/mol. The maximum Gasteiger partial charge on any atom is 0.213 e. The summed E-state index contributed by atoms with van der Waals surface area (Å²) in [4.78, 5) is 8.60. The number of nitrogens with one attached hydrogen (secondary N) is 2. The van der Waals surface area contributed by atoms with Gasteiger partial charge in [0.25, 0.3) is 0 Å². The zero-order valence-electron chi connectivity index (χ0n) is 16.2. The lowest BCUT2D eigenvalue weighted by Crippen LogP contribution is -2.37. The van der Waals surface area contributed by atoms with Crippen molar-refractivity contribution in [1.29, 1.82) is 0 Å². The van der Waals surface area contributed by atoms with E-state index in [2.05, 4.69) is 41.4 Å². The van der Waals surface area contributed by atoms with E-state index in [1.807, 2.05) is 6.20 Å². The lowest BCUT2D eigenvalue weighted by atomic mass is 9.86. The van der Waals surface area contributed by atoms with Gasteiger partial charge in [0.1, 0.15) is 5.76 Å². The van der Waals surface area contributed by atoms with Crippen LogP contribution < -0.4 is 10.6 Å². The Kier molecular flexibility index (Phi) is 9.82. The molecule has 25 heavy (non-hydrogen) atoms. The molecule has 1 aromatic heterocycles. The van der Waals surface area contributed by atoms with Gasteiger partial charge in [-0.2, -0.15) is 0 Å². The van der Waals surface area contributed by atoms with Crippen LogP contribution in [0.4, 0.5) is 0 Å². The van der Waals surface area contributed by atoms with Crippen LogP contribution in [0.1, 0.15) is 77.4 Å². The average Bonchev–Trinajstić information content (AvgIpc) is 3.04. The minimum atomic E-state index is -0.00963. The molecule has 0 unspecified atom stereocenters. The van der Waals surface area contributed by atoms with Crippen LogP contribution in [0.25, 0.3) is 0 Å². The van der Waals surface area contributed by atoms with Crippen molar-refractivity contribution in [3.8, 4) is 0 Å². The number of aromatic nitrogens is 1. The monoisotopic (exact) mass is 462 g/mol. The van der Waals surface area contributed by atoms with E-state index in [0.717, 1.165) is 24.2 Å². The molecule has 0 amide bonds. The second kappa shape index (κ2) is 11.0. The fourth-order valence-corrected chi connectivity index (χ4v) is 3.19. The molecular formula is C19H35IN4O. The topological polar surface area (TPSA) is 62.5 Å². The number of hydrogen-bond donors (Lipinski definition) is 2. The van der Waals surface area contributed by atoms with E-state index in [9.17, 15) is 0 Å². The molecule has 1 aliphatic rings. The number of halogens is 1. The first-order chi connectivity index (χ1) is 11.5. The van der Waals surface area contributed by atoms with Gasteiger partial charge in [-0.15, -0.1) is 24.0 Å². The molecule has 1 aliphatic carbocycles. The maximum atomic E-state index is 5.79. The molecule has 0 radical (unpaired) electrons. The molecule has 1 fully saturated rings. The molecule has 1 aromatic rings. The molecule has 0 atom stereocenters. The second-order valence-corrected chi connectivity index (χ2v) is 7.87. The summed E-state index contributed by atoms with van der Waals surface area (Å²) in [6, 6.07) is 0. The van der Waals surface area contributed by atoms with Gasteiger partial charge >= 0.3 is 0 Å². The third kappa shape index (κ3) is 7.96. The summed E-state index contributed by atoms with van der Waals surface area (Å²) in [6.45, 7) is 7.89. The normalized spacial score (nSPS) is 16.4. The summed E-state index contributed by atoms with van der Waals surface area (Å²) in [7, 11) is 1.80. The molecule has 2 N–H and O–H groups in total. The van der Waals surface area contributed by atoms with Crippen molar-refractivity contribution < 1.29 is 4.42 Å². The SMILES string of the molecule is CN=C(NCCCC1CCCCC1)NCc1ncc(C(C)(C)C)o1.I. The Hall–Kier alpha value is -0.790. The van der Waals surface area contributed by atoms with Crippen molar-refractivity contribution in [1.82, 2.24) is 15.6 Å². The standard InChI is InChI=1S/C19H34N4O.HI/c1-19(2,3)16-13-22-17(24-16)14-23-18(20-4)21-12-8-11-15-9-6-5-7-10-15;/h13,15H,5-12,14H2,1-4H3,(H2,20,21,23);1H. The molecule has 0 aromatic carbocycles. The van der Waals surface area contributed by atoms with Crippen LogP contribution in [0, 0.1) is 5.92 Å². The Morgan fingerprint density at radius 2 is 1.96 bits per heavy atom. The van der Waals surface area contributed by atoms with Crippen molar-refractivity contribution in [3.05, 3.63) is 17.8 Å². The summed E-state index contributed by atoms with van der Waals surface area (Å²) in [6.07, 6.45) is 11.5. The van der Waals surface area contributed by atoms with Gasteiger partial charge in [-0.1, -0.05) is 52.9 Å². The van der Waals surface area contributed by atoms with E-state index >= 15 is 0 Å². The molecule has 144 valence electrons. The molecule has 0 aliphatic heterocycles. The smallest absolute Gasteiger partial charge is 0.213 e. The maximum absolute atomic E-state index is 5.79. The summed E-state index contributed by atoms with van der Waals surface area (Å²) in [5.74, 6) is 3.37. The van der Waals surface area contributed by atoms with Gasteiger partial charge < -0.3 is 15.1 Å². The minimum absolute atomic E-state index is 0. The van der Waals surface area contributed by atoms with Crippen molar-refractivity contribution in [2.45, 2.75) is 77.7 Å². The van der Waals surface area contributed by atoms with Crippen LogP contribution in [0.2, 0.25) is 0 Å². The van der Waals surface area contributed by atoms with Gasteiger partial charge in [0.2, 0.25) is 5.89 Å². The molecule has 1 saturated carbocycles. The minimum Gasteiger partial charge on any atom is -0.443 e. The second-order valence-electron chi connectivity index (χ2n) is 7.87. The van der Waals surface area contributed by atoms with E-state index in [1.165, 1.54) is 44.9 Å². The Bertz CT molecular complexity index is 516. The molecule has 2 rings (SSSR count). The number of nitrogens with zero attached hydrogens (tertiary/aromatic N) is 2. The molecule has 0 spiro atoms. The van der Waals surface area contributed by atoms with Gasteiger partial charge in [-0.05, 0) is 18.8 Å². The number of hydrogen-bond acceptors (Lipinski definition) is 3. The zero-order valence-corrected chi connectivity index (χ0v) is 18.6. The first-order valence-corrected chi connectivity index (χ1v) is 9.38. The van der Waals surface area contributed by atoms with E-state index in [4.69, 9.17) is 4.42 Å². The number of oxazole rings is 1. The van der Waals surface area contributed by atoms with Crippen LogP contribution in [0.5, 0.6) is 0 Å². The fraction of sp³-hybridized carbons (Fsp3) is 0.789. The van der Waals surface area contributed by atoms with Gasteiger partial charge in [0.15, 0.2) is 5.96 Å². The predicted octanol–water partition coefficient (Wildman–Crippen LogP) is 4.62. The first-order valence-electron chi connectivity index (χ1n) is 9.38. The van der Waals surface area contributed by atoms with Crippen LogP contribution >= 0.6 is 24.0 Å². The fourth-order valence-electron chi connectivity index (χ4n) is 3.19. The van der Waals surface area contributed by atoms with Crippen molar-refractivity contribution in [3.63, 3.8) is 0 Å². The number of aliphatic imine (C=N–C) groups is 1. The van der Waals surface area contributed by atoms with Crippen LogP contribution in [0.3, 0.4) is 0 Å². The largest absolute Gasteiger partial charge is 0.443 e. The Morgan fingerprint density at radius 3 is 2.56 bits per heavy atom. The van der Waals surface area contributed by atoms with Crippen molar-refractivity contribution >= 4 is 29.9 Å². The number of rotatable bonds is 6. The quantitative estimate of drug-likeness (QED) is 0.281. The molecule has 6 heteroatoms. The lowest BCUT2D eigenvalue weighted by molar-refractivity contribution is 0.332. The summed E-state index contributed by atoms with van der Waals surface area (Å²) in [5.41, 5.74) is -0.00963. The van der Waals surface area contributed by atoms with E-state index in [-0.39, 0.29) is 29.4 Å². The van der Waals surface area contributed by atoms with E-state index in [0.29, 0.717) is 12.4 Å². The number of guanidine groups is 1.